The molecule has 0 aliphatic carbocycles. The summed E-state index contributed by atoms with van der Waals surface area (Å²) in [7, 11) is -3.47. The van der Waals surface area contributed by atoms with Crippen LogP contribution in [0.25, 0.3) is 0 Å². The molecule has 0 saturated carbocycles. The fourth-order valence-electron chi connectivity index (χ4n) is 2.71. The van der Waals surface area contributed by atoms with E-state index in [2.05, 4.69) is 20.2 Å². The highest BCUT2D eigenvalue weighted by atomic mass is 32.2. The molecule has 3 rings (SSSR count). The fourth-order valence-corrected chi connectivity index (χ4v) is 3.97. The molecule has 2 heterocycles. The molecule has 1 aromatic heterocycles. The Morgan fingerprint density at radius 2 is 1.84 bits per heavy atom. The van der Waals surface area contributed by atoms with Crippen LogP contribution in [-0.2, 0) is 14.6 Å². The highest BCUT2D eigenvalue weighted by Gasteiger charge is 2.17. The van der Waals surface area contributed by atoms with Crippen molar-refractivity contribution >= 4 is 27.4 Å². The minimum absolute atomic E-state index is 0.125. The van der Waals surface area contributed by atoms with E-state index in [1.807, 2.05) is 0 Å². The molecule has 1 amide bonds. The van der Waals surface area contributed by atoms with Crippen molar-refractivity contribution in [2.45, 2.75) is 24.2 Å². The Labute approximate surface area is 147 Å². The second-order valence-electron chi connectivity index (χ2n) is 5.89. The van der Waals surface area contributed by atoms with Crippen molar-refractivity contribution in [1.82, 2.24) is 9.97 Å². The summed E-state index contributed by atoms with van der Waals surface area (Å²) in [6, 6.07) is 9.84. The highest BCUT2D eigenvalue weighted by molar-refractivity contribution is 7.91. The van der Waals surface area contributed by atoms with Crippen molar-refractivity contribution in [3.05, 3.63) is 42.7 Å². The zero-order chi connectivity index (χ0) is 17.7. The molecule has 0 spiro atoms. The van der Waals surface area contributed by atoms with Crippen LogP contribution in [0, 0.1) is 0 Å². The first-order chi connectivity index (χ1) is 12.0. The van der Waals surface area contributed by atoms with E-state index in [4.69, 9.17) is 0 Å². The fraction of sp³-hybridized carbons (Fsp3) is 0.353. The molecule has 0 bridgehead atoms. The molecule has 1 fully saturated rings. The van der Waals surface area contributed by atoms with Crippen LogP contribution in [-0.4, -0.2) is 43.1 Å². The Balaban J connectivity index is 1.58. The Bertz CT molecular complexity index is 834. The predicted octanol–water partition coefficient (Wildman–Crippen LogP) is 1.88. The third kappa shape index (κ3) is 4.54. The lowest BCUT2D eigenvalue weighted by Gasteiger charge is -2.16. The molecule has 0 unspecified atom stereocenters. The number of aromatic nitrogens is 2. The summed E-state index contributed by atoms with van der Waals surface area (Å²) in [6.45, 7) is 1.89. The number of sulfone groups is 1. The molecule has 1 aromatic carbocycles. The summed E-state index contributed by atoms with van der Waals surface area (Å²) in [5, 5.41) is 2.65. The van der Waals surface area contributed by atoms with E-state index in [0.29, 0.717) is 5.82 Å². The van der Waals surface area contributed by atoms with Gasteiger partial charge in [-0.3, -0.25) is 4.79 Å². The monoisotopic (exact) mass is 360 g/mol. The molecule has 1 saturated heterocycles. The lowest BCUT2D eigenvalue weighted by molar-refractivity contribution is -0.115. The van der Waals surface area contributed by atoms with Gasteiger partial charge in [0.2, 0.25) is 5.91 Å². The van der Waals surface area contributed by atoms with Gasteiger partial charge in [-0.15, -0.1) is 0 Å². The molecular weight excluding hydrogens is 340 g/mol. The smallest absolute Gasteiger partial charge is 0.226 e. The van der Waals surface area contributed by atoms with Crippen LogP contribution < -0.4 is 10.2 Å². The molecule has 1 N–H and O–H groups in total. The summed E-state index contributed by atoms with van der Waals surface area (Å²) < 4.78 is 24.4. The van der Waals surface area contributed by atoms with E-state index >= 15 is 0 Å². The second kappa shape index (κ2) is 7.60. The molecule has 0 radical (unpaired) electrons. The molecule has 1 aliphatic rings. The van der Waals surface area contributed by atoms with Gasteiger partial charge in [0.25, 0.3) is 0 Å². The van der Waals surface area contributed by atoms with Gasteiger partial charge in [0.05, 0.1) is 10.6 Å². The largest absolute Gasteiger partial charge is 0.356 e. The van der Waals surface area contributed by atoms with E-state index in [1.54, 1.807) is 24.3 Å². The van der Waals surface area contributed by atoms with E-state index in [0.717, 1.165) is 31.7 Å². The zero-order valence-electron chi connectivity index (χ0n) is 13.8. The van der Waals surface area contributed by atoms with Crippen molar-refractivity contribution < 1.29 is 13.2 Å². The lowest BCUT2D eigenvalue weighted by atomic mass is 10.4. The number of hydrogen-bond acceptors (Lipinski definition) is 6. The normalized spacial score (nSPS) is 14.5. The first-order valence-electron chi connectivity index (χ1n) is 8.19. The van der Waals surface area contributed by atoms with E-state index in [9.17, 15) is 13.2 Å². The Morgan fingerprint density at radius 3 is 2.56 bits per heavy atom. The first kappa shape index (κ1) is 17.3. The number of rotatable bonds is 6. The third-order valence-electron chi connectivity index (χ3n) is 4.05. The topological polar surface area (TPSA) is 92.3 Å². The van der Waals surface area contributed by atoms with Crippen molar-refractivity contribution in [2.24, 2.45) is 0 Å². The van der Waals surface area contributed by atoms with Gasteiger partial charge in [-0.2, -0.15) is 0 Å². The quantitative estimate of drug-likeness (QED) is 0.846. The molecule has 2 aromatic rings. The Kier molecular flexibility index (Phi) is 5.28. The van der Waals surface area contributed by atoms with Crippen molar-refractivity contribution in [3.63, 3.8) is 0 Å². The van der Waals surface area contributed by atoms with Crippen molar-refractivity contribution in [3.8, 4) is 0 Å². The average molecular weight is 360 g/mol. The van der Waals surface area contributed by atoms with Gasteiger partial charge in [0.15, 0.2) is 9.84 Å². The highest BCUT2D eigenvalue weighted by Crippen LogP contribution is 2.19. The van der Waals surface area contributed by atoms with Gasteiger partial charge < -0.3 is 10.2 Å². The lowest BCUT2D eigenvalue weighted by Crippen LogP contribution is -2.21. The number of carbonyl (C=O) groups is 1. The number of anilines is 2. The minimum atomic E-state index is -3.47. The number of nitrogens with one attached hydrogen (secondary N) is 1. The predicted molar refractivity (Wildman–Crippen MR) is 95.2 cm³/mol. The number of benzene rings is 1. The third-order valence-corrected chi connectivity index (χ3v) is 5.78. The van der Waals surface area contributed by atoms with Crippen LogP contribution in [0.3, 0.4) is 0 Å². The molecule has 132 valence electrons. The van der Waals surface area contributed by atoms with E-state index in [1.165, 1.54) is 18.5 Å². The number of nitrogens with zero attached hydrogens (tertiary/aromatic N) is 3. The summed E-state index contributed by atoms with van der Waals surface area (Å²) in [5.41, 5.74) is 0. The molecule has 25 heavy (non-hydrogen) atoms. The maximum atomic E-state index is 12.2. The minimum Gasteiger partial charge on any atom is -0.356 e. The Hall–Kier alpha value is -2.48. The van der Waals surface area contributed by atoms with Crippen LogP contribution in [0.1, 0.15) is 19.3 Å². The van der Waals surface area contributed by atoms with Crippen LogP contribution in [0.15, 0.2) is 47.6 Å². The SMILES string of the molecule is O=C(CCS(=O)(=O)c1ccccc1)Nc1cc(N2CCCC2)ncn1. The van der Waals surface area contributed by atoms with Gasteiger partial charge in [-0.25, -0.2) is 18.4 Å². The first-order valence-corrected chi connectivity index (χ1v) is 9.84. The van der Waals surface area contributed by atoms with Crippen molar-refractivity contribution in [1.29, 1.82) is 0 Å². The van der Waals surface area contributed by atoms with Gasteiger partial charge >= 0.3 is 0 Å². The average Bonchev–Trinajstić information content (AvgIpc) is 3.16. The summed E-state index contributed by atoms with van der Waals surface area (Å²) in [5.74, 6) is 0.539. The maximum Gasteiger partial charge on any atom is 0.226 e. The summed E-state index contributed by atoms with van der Waals surface area (Å²) in [4.78, 5) is 22.7. The number of amides is 1. The second-order valence-corrected chi connectivity index (χ2v) is 7.99. The molecule has 0 atom stereocenters. The number of hydrogen-bond donors (Lipinski definition) is 1. The molecular formula is C17H20N4O3S. The molecule has 8 heteroatoms. The standard InChI is InChI=1S/C17H20N4O3S/c22-17(8-11-25(23,24)14-6-2-1-3-7-14)20-15-12-16(19-13-18-15)21-9-4-5-10-21/h1-3,6-7,12-13H,4-5,8-11H2,(H,18,19,20,22). The van der Waals surface area contributed by atoms with Crippen LogP contribution in [0.2, 0.25) is 0 Å². The summed E-state index contributed by atoms with van der Waals surface area (Å²) in [6.07, 6.45) is 3.54. The van der Waals surface area contributed by atoms with Crippen LogP contribution in [0.4, 0.5) is 11.6 Å². The zero-order valence-corrected chi connectivity index (χ0v) is 14.6. The number of carbonyl (C=O) groups excluding carboxylic acids is 1. The van der Waals surface area contributed by atoms with Gasteiger partial charge in [0.1, 0.15) is 18.0 Å². The summed E-state index contributed by atoms with van der Waals surface area (Å²) >= 11 is 0. The van der Waals surface area contributed by atoms with E-state index in [-0.39, 0.29) is 23.0 Å². The van der Waals surface area contributed by atoms with Gasteiger partial charge in [0, 0.05) is 25.6 Å². The molecule has 1 aliphatic heterocycles. The van der Waals surface area contributed by atoms with Crippen LogP contribution >= 0.6 is 0 Å². The molecule has 7 nitrogen and oxygen atoms in total. The van der Waals surface area contributed by atoms with Gasteiger partial charge in [-0.05, 0) is 25.0 Å². The Morgan fingerprint density at radius 1 is 1.12 bits per heavy atom. The van der Waals surface area contributed by atoms with Gasteiger partial charge in [-0.1, -0.05) is 18.2 Å². The van der Waals surface area contributed by atoms with E-state index < -0.39 is 9.84 Å². The van der Waals surface area contributed by atoms with Crippen molar-refractivity contribution in [2.75, 3.05) is 29.1 Å². The van der Waals surface area contributed by atoms with Crippen LogP contribution in [0.5, 0.6) is 0 Å². The maximum absolute atomic E-state index is 12.2.